The van der Waals surface area contributed by atoms with E-state index in [4.69, 9.17) is 0 Å². The Bertz CT molecular complexity index is 1370. The first kappa shape index (κ1) is 27.8. The molecule has 36 heavy (non-hydrogen) atoms. The average molecular weight is 576 g/mol. The summed E-state index contributed by atoms with van der Waals surface area (Å²) in [4.78, 5) is 0. The molecule has 4 rings (SSSR count). The second-order valence-electron chi connectivity index (χ2n) is 14.8. The van der Waals surface area contributed by atoms with Crippen LogP contribution in [0, 0.1) is 5.92 Å². The van der Waals surface area contributed by atoms with Crippen molar-refractivity contribution in [1.29, 1.82) is 0 Å². The van der Waals surface area contributed by atoms with Gasteiger partial charge in [0.05, 0.1) is 0 Å². The van der Waals surface area contributed by atoms with Gasteiger partial charge in [0.2, 0.25) is 0 Å². The van der Waals surface area contributed by atoms with Crippen molar-refractivity contribution in [2.45, 2.75) is 93.0 Å². The molecular weight excluding hydrogens is 528 g/mol. The Morgan fingerprint density at radius 2 is 1.31 bits per heavy atom. The van der Waals surface area contributed by atoms with Crippen molar-refractivity contribution in [2.75, 3.05) is 0 Å². The van der Waals surface area contributed by atoms with Crippen LogP contribution in [0.25, 0.3) is 5.57 Å². The van der Waals surface area contributed by atoms with Gasteiger partial charge >= 0.3 is 225 Å². The first-order valence-electron chi connectivity index (χ1n) is 13.8. The molecule has 192 valence electrons. The van der Waals surface area contributed by atoms with E-state index in [1.807, 2.05) is 3.28 Å². The Kier molecular flexibility index (Phi) is 6.67. The van der Waals surface area contributed by atoms with E-state index in [2.05, 4.69) is 134 Å². The topological polar surface area (TPSA) is 0 Å². The van der Waals surface area contributed by atoms with Crippen molar-refractivity contribution >= 4 is 12.5 Å². The van der Waals surface area contributed by atoms with E-state index in [1.165, 1.54) is 33.4 Å². The van der Waals surface area contributed by atoms with Gasteiger partial charge in [-0.3, -0.25) is 0 Å². The summed E-state index contributed by atoms with van der Waals surface area (Å²) >= 11 is -3.42. The van der Waals surface area contributed by atoms with Crippen LogP contribution in [-0.4, -0.2) is 6.88 Å². The first-order valence-corrected chi connectivity index (χ1v) is 27.3. The molecule has 0 saturated carbocycles. The van der Waals surface area contributed by atoms with E-state index >= 15 is 0 Å². The molecule has 0 amide bonds. The van der Waals surface area contributed by atoms with Gasteiger partial charge in [-0.15, -0.1) is 0 Å². The Labute approximate surface area is 223 Å². The number of fused-ring (bicyclic) bond motifs is 1. The zero-order valence-corrected chi connectivity index (χ0v) is 28.9. The van der Waals surface area contributed by atoms with Crippen LogP contribution in [0.15, 0.2) is 68.5 Å². The number of benzene rings is 2. The van der Waals surface area contributed by atoms with Crippen LogP contribution >= 0.6 is 0 Å². The minimum absolute atomic E-state index is 0.113. The maximum atomic E-state index is 2.72. The van der Waals surface area contributed by atoms with E-state index < -0.39 is 17.4 Å². The quantitative estimate of drug-likeness (QED) is 0.320. The zero-order valence-electron chi connectivity index (χ0n) is 25.0. The van der Waals surface area contributed by atoms with Crippen LogP contribution < -0.4 is 0 Å². The van der Waals surface area contributed by atoms with Crippen molar-refractivity contribution in [3.05, 3.63) is 96.4 Å². The summed E-state index contributed by atoms with van der Waals surface area (Å²) in [5.74, 6) is 0.574. The molecular formula is C34H48SiZr. The minimum atomic E-state index is -3.42. The van der Waals surface area contributed by atoms with Gasteiger partial charge in [-0.1, -0.05) is 0 Å². The van der Waals surface area contributed by atoms with E-state index in [0.29, 0.717) is 9.54 Å². The second-order valence-corrected chi connectivity index (χ2v) is 44.4. The van der Waals surface area contributed by atoms with Gasteiger partial charge in [-0.25, -0.2) is 0 Å². The van der Waals surface area contributed by atoms with Crippen LogP contribution in [-0.2, 0) is 28.2 Å². The summed E-state index contributed by atoms with van der Waals surface area (Å²) in [5.41, 5.74) is 13.7. The Hall–Kier alpha value is -1.24. The molecule has 2 unspecified atom stereocenters. The van der Waals surface area contributed by atoms with E-state index in [9.17, 15) is 0 Å². The Morgan fingerprint density at radius 1 is 0.778 bits per heavy atom. The van der Waals surface area contributed by atoms with E-state index in [1.54, 1.807) is 16.7 Å². The molecule has 0 saturated heterocycles. The third-order valence-electron chi connectivity index (χ3n) is 9.42. The zero-order chi connectivity index (χ0) is 27.0. The van der Waals surface area contributed by atoms with Gasteiger partial charge in [0.25, 0.3) is 0 Å². The molecule has 2 atom stereocenters. The summed E-state index contributed by atoms with van der Waals surface area (Å²) in [7, 11) is 0. The van der Waals surface area contributed by atoms with Gasteiger partial charge in [-0.2, -0.15) is 0 Å². The van der Waals surface area contributed by atoms with Crippen LogP contribution in [0.5, 0.6) is 0 Å². The van der Waals surface area contributed by atoms with Crippen molar-refractivity contribution in [3.63, 3.8) is 0 Å². The molecule has 0 aliphatic heterocycles. The molecule has 2 aromatic carbocycles. The molecule has 2 aromatic rings. The molecule has 2 heteroatoms. The Balaban J connectivity index is 1.98. The van der Waals surface area contributed by atoms with E-state index in [-0.39, 0.29) is 10.8 Å². The monoisotopic (exact) mass is 574 g/mol. The number of rotatable bonds is 3. The van der Waals surface area contributed by atoms with E-state index in [0.717, 1.165) is 0 Å². The summed E-state index contributed by atoms with van der Waals surface area (Å²) in [5, 5.41) is 0. The van der Waals surface area contributed by atoms with Crippen LogP contribution in [0.2, 0.25) is 9.26 Å². The fraction of sp³-hybridized carbons (Fsp3) is 0.471. The van der Waals surface area contributed by atoms with Crippen molar-refractivity contribution in [2.24, 2.45) is 5.92 Å². The third-order valence-corrected chi connectivity index (χ3v) is 26.7. The summed E-state index contributed by atoms with van der Waals surface area (Å²) in [6.45, 7) is 26.0. The van der Waals surface area contributed by atoms with Gasteiger partial charge < -0.3 is 0 Å². The number of allylic oxidation sites excluding steroid dienone is 5. The molecule has 0 N–H and O–H groups in total. The molecule has 0 aromatic heterocycles. The SMILES string of the molecule is CC1=C(C)C(C)[C]([Zr]([CH3])([CH3])(=[SiH2])[CH]2C=C(c3cc(C(C)(C)C)cc(C(C)(C)C)c3)c3ccccc32)=C1C. The maximum absolute atomic E-state index is 3.42. The number of hydrogen-bond acceptors (Lipinski definition) is 0. The molecule has 0 radical (unpaired) electrons. The predicted molar refractivity (Wildman–Crippen MR) is 161 cm³/mol. The molecule has 0 spiro atoms. The molecule has 2 aliphatic rings. The van der Waals surface area contributed by atoms with Crippen molar-refractivity contribution in [1.82, 2.24) is 0 Å². The molecule has 0 bridgehead atoms. The fourth-order valence-corrected chi connectivity index (χ4v) is 25.4. The molecule has 0 fully saturated rings. The number of hydrogen-bond donors (Lipinski definition) is 0. The summed E-state index contributed by atoms with van der Waals surface area (Å²) in [6.07, 6.45) is 2.70. The molecule has 0 heterocycles. The molecule has 2 aliphatic carbocycles. The third kappa shape index (κ3) is 4.49. The van der Waals surface area contributed by atoms with Gasteiger partial charge in [0.15, 0.2) is 0 Å². The van der Waals surface area contributed by atoms with Gasteiger partial charge in [0.1, 0.15) is 0 Å². The average Bonchev–Trinajstić information content (AvgIpc) is 3.25. The summed E-state index contributed by atoms with van der Waals surface area (Å²) < 4.78 is 7.78. The first-order chi connectivity index (χ1) is 16.3. The Morgan fingerprint density at radius 3 is 1.78 bits per heavy atom. The normalized spacial score (nSPS) is 21.3. The van der Waals surface area contributed by atoms with Crippen LogP contribution in [0.3, 0.4) is 0 Å². The van der Waals surface area contributed by atoms with Gasteiger partial charge in [0, 0.05) is 0 Å². The van der Waals surface area contributed by atoms with Gasteiger partial charge in [-0.05, 0) is 0 Å². The van der Waals surface area contributed by atoms with Crippen LogP contribution in [0.4, 0.5) is 0 Å². The summed E-state index contributed by atoms with van der Waals surface area (Å²) in [6, 6.07) is 16.7. The molecule has 0 nitrogen and oxygen atoms in total. The standard InChI is InChI=1S/C23H27.C9H13.2CH3.H2Si.Zr/c1-22(2,3)18-13-17(14-19(15-18)23(4,5)6)21-12-11-16-9-7-8-10-20(16)21;1-6-5-7(2)9(4)8(6)3;;;;/h7-15H,1-6H3;6H,1-4H3;2*1H3;1H2;. The van der Waals surface area contributed by atoms with Crippen molar-refractivity contribution in [3.8, 4) is 0 Å². The van der Waals surface area contributed by atoms with Crippen LogP contribution in [0.1, 0.15) is 101 Å². The fourth-order valence-electron chi connectivity index (χ4n) is 6.88. The van der Waals surface area contributed by atoms with Crippen molar-refractivity contribution < 1.29 is 17.4 Å². The second kappa shape index (κ2) is 8.64. The predicted octanol–water partition coefficient (Wildman–Crippen LogP) is 9.36.